The number of carboxylic acid groups (broad SMARTS) is 1. The highest BCUT2D eigenvalue weighted by Gasteiger charge is 2.36. The molecule has 0 bridgehead atoms. The van der Waals surface area contributed by atoms with Crippen molar-refractivity contribution in [2.75, 3.05) is 0 Å². The van der Waals surface area contributed by atoms with Gasteiger partial charge in [0.2, 0.25) is 0 Å². The van der Waals surface area contributed by atoms with E-state index in [0.717, 1.165) is 43.8 Å². The number of hydrogen-bond donors (Lipinski definition) is 1. The second kappa shape index (κ2) is 9.35. The van der Waals surface area contributed by atoms with Crippen molar-refractivity contribution in [3.63, 3.8) is 0 Å². The molecule has 118 valence electrons. The van der Waals surface area contributed by atoms with Gasteiger partial charge in [0.05, 0.1) is 5.60 Å². The molecule has 1 atom stereocenters. The van der Waals surface area contributed by atoms with Gasteiger partial charge < -0.3 is 9.53 Å². The van der Waals surface area contributed by atoms with Crippen LogP contribution in [0.4, 0.5) is 0 Å². The molecule has 0 aromatic rings. The third-order valence-electron chi connectivity index (χ3n) is 4.32. The first-order valence-electron chi connectivity index (χ1n) is 7.90. The quantitative estimate of drug-likeness (QED) is 0.314. The molecule has 0 aliphatic carbocycles. The fourth-order valence-electron chi connectivity index (χ4n) is 2.76. The van der Waals surface area contributed by atoms with Gasteiger partial charge in [0.15, 0.2) is 8.32 Å². The number of carboxylic acids is 1. The van der Waals surface area contributed by atoms with E-state index < -0.39 is 14.3 Å². The van der Waals surface area contributed by atoms with Gasteiger partial charge >= 0.3 is 5.97 Å². The molecule has 0 aromatic carbocycles. The first kappa shape index (κ1) is 19.4. The zero-order valence-electron chi connectivity index (χ0n) is 13.7. The van der Waals surface area contributed by atoms with Crippen LogP contribution in [-0.2, 0) is 9.22 Å². The first-order valence-corrected chi connectivity index (χ1v) is 10.4. The minimum absolute atomic E-state index is 0.172. The fourth-order valence-corrected chi connectivity index (χ4v) is 5.93. The van der Waals surface area contributed by atoms with Crippen LogP contribution in [0.15, 0.2) is 12.7 Å². The summed E-state index contributed by atoms with van der Waals surface area (Å²) in [6.07, 6.45) is 5.57. The number of carbonyl (C=O) groups is 1. The molecule has 0 aromatic heterocycles. The molecule has 20 heavy (non-hydrogen) atoms. The van der Waals surface area contributed by atoms with Crippen molar-refractivity contribution in [3.05, 3.63) is 12.7 Å². The topological polar surface area (TPSA) is 46.5 Å². The highest BCUT2D eigenvalue weighted by Crippen LogP contribution is 2.33. The summed E-state index contributed by atoms with van der Waals surface area (Å²) in [6.45, 7) is 12.7. The third-order valence-corrected chi connectivity index (χ3v) is 9.11. The number of aliphatic carboxylic acids is 1. The molecular weight excluding hydrogens is 268 g/mol. The summed E-state index contributed by atoms with van der Waals surface area (Å²) < 4.78 is 6.64. The van der Waals surface area contributed by atoms with Crippen molar-refractivity contribution in [1.82, 2.24) is 0 Å². The van der Waals surface area contributed by atoms with E-state index in [1.165, 1.54) is 0 Å². The maximum Gasteiger partial charge on any atom is 0.303 e. The van der Waals surface area contributed by atoms with Crippen molar-refractivity contribution < 1.29 is 14.3 Å². The SMILES string of the molecule is C=CC[C@@](C)(CCCCC(=O)O)O[Si](CC)(CC)CC. The van der Waals surface area contributed by atoms with E-state index in [1.54, 1.807) is 0 Å². The molecule has 0 fully saturated rings. The van der Waals surface area contributed by atoms with Crippen LogP contribution in [0.5, 0.6) is 0 Å². The van der Waals surface area contributed by atoms with Gasteiger partial charge in [-0.2, -0.15) is 0 Å². The summed E-state index contributed by atoms with van der Waals surface area (Å²) in [5.41, 5.74) is -0.172. The smallest absolute Gasteiger partial charge is 0.303 e. The normalized spacial score (nSPS) is 14.8. The average molecular weight is 301 g/mol. The molecule has 0 amide bonds. The Labute approximate surface area is 125 Å². The van der Waals surface area contributed by atoms with Crippen molar-refractivity contribution in [1.29, 1.82) is 0 Å². The van der Waals surface area contributed by atoms with Gasteiger partial charge in [-0.1, -0.05) is 33.3 Å². The highest BCUT2D eigenvalue weighted by atomic mass is 28.4. The van der Waals surface area contributed by atoms with Crippen molar-refractivity contribution in [2.24, 2.45) is 0 Å². The summed E-state index contributed by atoms with van der Waals surface area (Å²) in [7, 11) is -1.64. The Morgan fingerprint density at radius 3 is 2.20 bits per heavy atom. The van der Waals surface area contributed by atoms with Crippen LogP contribution in [0, 0.1) is 0 Å². The molecule has 1 N–H and O–H groups in total. The van der Waals surface area contributed by atoms with Crippen molar-refractivity contribution in [2.45, 2.75) is 83.5 Å². The van der Waals surface area contributed by atoms with Crippen LogP contribution in [0.1, 0.15) is 59.8 Å². The largest absolute Gasteiger partial charge is 0.481 e. The lowest BCUT2D eigenvalue weighted by molar-refractivity contribution is -0.137. The second-order valence-corrected chi connectivity index (χ2v) is 10.6. The molecule has 4 heteroatoms. The Hall–Kier alpha value is -0.613. The summed E-state index contributed by atoms with van der Waals surface area (Å²) in [5.74, 6) is -0.712. The van der Waals surface area contributed by atoms with Gasteiger partial charge in [0.25, 0.3) is 0 Å². The molecule has 0 saturated carbocycles. The predicted molar refractivity (Wildman–Crippen MR) is 87.6 cm³/mol. The second-order valence-electron chi connectivity index (χ2n) is 5.89. The first-order chi connectivity index (χ1) is 9.37. The van der Waals surface area contributed by atoms with Gasteiger partial charge in [-0.3, -0.25) is 4.79 Å². The van der Waals surface area contributed by atoms with Crippen LogP contribution in [0.3, 0.4) is 0 Å². The van der Waals surface area contributed by atoms with Crippen molar-refractivity contribution in [3.8, 4) is 0 Å². The Morgan fingerprint density at radius 1 is 1.25 bits per heavy atom. The fraction of sp³-hybridized carbons (Fsp3) is 0.812. The third kappa shape index (κ3) is 6.71. The summed E-state index contributed by atoms with van der Waals surface area (Å²) >= 11 is 0. The van der Waals surface area contributed by atoms with Crippen LogP contribution in [0.25, 0.3) is 0 Å². The van der Waals surface area contributed by atoms with Crippen LogP contribution >= 0.6 is 0 Å². The molecule has 0 aliphatic heterocycles. The lowest BCUT2D eigenvalue weighted by Crippen LogP contribution is -2.45. The molecule has 0 heterocycles. The molecular formula is C16H32O3Si. The lowest BCUT2D eigenvalue weighted by Gasteiger charge is -2.40. The Kier molecular flexibility index (Phi) is 9.06. The van der Waals surface area contributed by atoms with Gasteiger partial charge in [-0.05, 0) is 44.3 Å². The number of hydrogen-bond acceptors (Lipinski definition) is 2. The predicted octanol–water partition coefficient (Wildman–Crippen LogP) is 4.99. The van der Waals surface area contributed by atoms with Crippen LogP contribution in [-0.4, -0.2) is 25.0 Å². The van der Waals surface area contributed by atoms with Crippen LogP contribution in [0.2, 0.25) is 18.1 Å². The zero-order chi connectivity index (χ0) is 15.6. The summed E-state index contributed by atoms with van der Waals surface area (Å²) in [6, 6.07) is 3.42. The van der Waals surface area contributed by atoms with E-state index in [1.807, 2.05) is 6.08 Å². The molecule has 0 spiro atoms. The molecule has 0 rings (SSSR count). The summed E-state index contributed by atoms with van der Waals surface area (Å²) in [4.78, 5) is 10.6. The Morgan fingerprint density at radius 2 is 1.80 bits per heavy atom. The highest BCUT2D eigenvalue weighted by molar-refractivity contribution is 6.73. The van der Waals surface area contributed by atoms with E-state index >= 15 is 0 Å². The zero-order valence-corrected chi connectivity index (χ0v) is 14.7. The average Bonchev–Trinajstić information content (AvgIpc) is 2.41. The standard InChI is InChI=1S/C16H32O3Si/c1-6-13-16(5,14-11-10-12-15(17)18)19-20(7-2,8-3)9-4/h6H,1,7-14H2,2-5H3,(H,17,18)/t16-/m0/s1. The molecule has 3 nitrogen and oxygen atoms in total. The van der Waals surface area contributed by atoms with E-state index in [9.17, 15) is 4.79 Å². The maximum absolute atomic E-state index is 10.6. The maximum atomic E-state index is 10.6. The lowest BCUT2D eigenvalue weighted by atomic mass is 9.95. The minimum atomic E-state index is -1.64. The molecule has 0 saturated heterocycles. The molecule has 0 unspecified atom stereocenters. The molecule has 0 aliphatic rings. The van der Waals surface area contributed by atoms with Crippen molar-refractivity contribution >= 4 is 14.3 Å². The van der Waals surface area contributed by atoms with E-state index in [2.05, 4.69) is 34.3 Å². The number of unbranched alkanes of at least 4 members (excludes halogenated alkanes) is 1. The molecule has 0 radical (unpaired) electrons. The number of rotatable bonds is 12. The van der Waals surface area contributed by atoms with Gasteiger partial charge in [0, 0.05) is 6.42 Å². The van der Waals surface area contributed by atoms with Gasteiger partial charge in [0.1, 0.15) is 0 Å². The van der Waals surface area contributed by atoms with Gasteiger partial charge in [-0.25, -0.2) is 0 Å². The summed E-state index contributed by atoms with van der Waals surface area (Å²) in [5, 5.41) is 8.71. The van der Waals surface area contributed by atoms with Crippen LogP contribution < -0.4 is 0 Å². The Balaban J connectivity index is 4.64. The monoisotopic (exact) mass is 300 g/mol. The van der Waals surface area contributed by atoms with E-state index in [0.29, 0.717) is 0 Å². The minimum Gasteiger partial charge on any atom is -0.481 e. The Bertz CT molecular complexity index is 292. The van der Waals surface area contributed by atoms with E-state index in [4.69, 9.17) is 9.53 Å². The van der Waals surface area contributed by atoms with Gasteiger partial charge in [-0.15, -0.1) is 6.58 Å². The van der Waals surface area contributed by atoms with E-state index in [-0.39, 0.29) is 12.0 Å².